The molecule has 0 unspecified atom stereocenters. The molecule has 1 aliphatic rings. The summed E-state index contributed by atoms with van der Waals surface area (Å²) in [4.78, 5) is 41.0. The number of fused-ring (bicyclic) bond motifs is 1. The fourth-order valence-electron chi connectivity index (χ4n) is 3.96. The van der Waals surface area contributed by atoms with E-state index in [1.807, 2.05) is 31.2 Å². The van der Waals surface area contributed by atoms with Gasteiger partial charge in [-0.15, -0.1) is 0 Å². The van der Waals surface area contributed by atoms with Gasteiger partial charge in [0, 0.05) is 49.2 Å². The molecule has 3 heterocycles. The van der Waals surface area contributed by atoms with Gasteiger partial charge < -0.3 is 9.80 Å². The van der Waals surface area contributed by atoms with Crippen LogP contribution in [0.3, 0.4) is 0 Å². The maximum absolute atomic E-state index is 11.9. The molecule has 1 fully saturated rings. The lowest BCUT2D eigenvalue weighted by Gasteiger charge is -2.35. The van der Waals surface area contributed by atoms with Crippen molar-refractivity contribution >= 4 is 40.0 Å². The van der Waals surface area contributed by atoms with Gasteiger partial charge in [-0.3, -0.25) is 14.6 Å². The average molecular weight is 450 g/mol. The van der Waals surface area contributed by atoms with Crippen LogP contribution in [0.1, 0.15) is 18.2 Å². The minimum Gasteiger partial charge on any atom is -0.352 e. The number of amides is 1. The summed E-state index contributed by atoms with van der Waals surface area (Å²) in [6.07, 6.45) is 3.17. The van der Waals surface area contributed by atoms with E-state index in [4.69, 9.17) is 16.6 Å². The molecule has 0 N–H and O–H groups in total. The van der Waals surface area contributed by atoms with Gasteiger partial charge in [-0.05, 0) is 43.7 Å². The van der Waals surface area contributed by atoms with Gasteiger partial charge in [0.1, 0.15) is 17.9 Å². The predicted octanol–water partition coefficient (Wildman–Crippen LogP) is 3.62. The van der Waals surface area contributed by atoms with Gasteiger partial charge in [0.15, 0.2) is 0 Å². The lowest BCUT2D eigenvalue weighted by Crippen LogP contribution is -2.48. The van der Waals surface area contributed by atoms with E-state index in [9.17, 15) is 9.59 Å². The van der Waals surface area contributed by atoms with Crippen molar-refractivity contribution in [3.05, 3.63) is 59.5 Å². The smallest absolute Gasteiger partial charge is 0.246 e. The molecule has 0 aliphatic carbocycles. The maximum Gasteiger partial charge on any atom is 0.246 e. The Hall–Kier alpha value is -3.32. The van der Waals surface area contributed by atoms with Crippen LogP contribution in [-0.4, -0.2) is 57.7 Å². The lowest BCUT2D eigenvalue weighted by molar-refractivity contribution is -0.126. The zero-order chi connectivity index (χ0) is 22.8. The van der Waals surface area contributed by atoms with Crippen molar-refractivity contribution in [3.63, 3.8) is 0 Å². The molecule has 1 amide bonds. The molecule has 0 saturated carbocycles. The van der Waals surface area contributed by atoms with E-state index < -0.39 is 0 Å². The molecule has 0 spiro atoms. The molecule has 7 nitrogen and oxygen atoms in total. The number of anilines is 1. The number of carbonyl (C=O) groups is 2. The molecular formula is C24H24ClN5O2. The highest BCUT2D eigenvalue weighted by Crippen LogP contribution is 2.35. The molecular weight excluding hydrogens is 426 g/mol. The number of pyridine rings is 1. The fourth-order valence-corrected chi connectivity index (χ4v) is 4.21. The normalized spacial score (nSPS) is 14.0. The minimum atomic E-state index is -0.0558. The number of aromatic nitrogens is 3. The zero-order valence-corrected chi connectivity index (χ0v) is 18.9. The second kappa shape index (κ2) is 9.04. The van der Waals surface area contributed by atoms with E-state index >= 15 is 0 Å². The summed E-state index contributed by atoms with van der Waals surface area (Å²) in [5.41, 5.74) is 3.96. The standard InChI is InChI=1S/C24H24ClN5O2/c1-4-22(32)29-7-9-30(10-8-29)24-19-12-20(25)18(13-21(19)26-14-27-24)23-15(2)5-6-17(28-23)11-16(3)31/h4-6,12-14H,1,7-11H2,2-3H3. The highest BCUT2D eigenvalue weighted by Gasteiger charge is 2.22. The Balaban J connectivity index is 1.70. The first kappa shape index (κ1) is 21.9. The number of hydrogen-bond acceptors (Lipinski definition) is 6. The molecule has 1 aromatic carbocycles. The van der Waals surface area contributed by atoms with Gasteiger partial charge in [0.25, 0.3) is 0 Å². The first-order valence-corrected chi connectivity index (χ1v) is 10.8. The van der Waals surface area contributed by atoms with E-state index in [1.165, 1.54) is 6.08 Å². The lowest BCUT2D eigenvalue weighted by atomic mass is 10.0. The van der Waals surface area contributed by atoms with Crippen molar-refractivity contribution in [3.8, 4) is 11.3 Å². The highest BCUT2D eigenvalue weighted by atomic mass is 35.5. The third-order valence-electron chi connectivity index (χ3n) is 5.61. The fraction of sp³-hybridized carbons (Fsp3) is 0.292. The van der Waals surface area contributed by atoms with Crippen LogP contribution >= 0.6 is 11.6 Å². The number of rotatable bonds is 5. The van der Waals surface area contributed by atoms with Gasteiger partial charge in [-0.2, -0.15) is 0 Å². The topological polar surface area (TPSA) is 79.3 Å². The van der Waals surface area contributed by atoms with E-state index in [-0.39, 0.29) is 18.1 Å². The largest absolute Gasteiger partial charge is 0.352 e. The minimum absolute atomic E-state index is 0.0558. The number of carbonyl (C=O) groups excluding carboxylic acids is 2. The number of aryl methyl sites for hydroxylation is 1. The van der Waals surface area contributed by atoms with Crippen LogP contribution in [0.2, 0.25) is 5.02 Å². The van der Waals surface area contributed by atoms with Gasteiger partial charge in [-0.25, -0.2) is 9.97 Å². The van der Waals surface area contributed by atoms with Crippen molar-refractivity contribution in [2.45, 2.75) is 20.3 Å². The number of benzene rings is 1. The summed E-state index contributed by atoms with van der Waals surface area (Å²) in [5.74, 6) is 0.799. The molecule has 32 heavy (non-hydrogen) atoms. The molecule has 0 bridgehead atoms. The molecule has 1 aliphatic heterocycles. The van der Waals surface area contributed by atoms with Crippen LogP contribution in [-0.2, 0) is 16.0 Å². The van der Waals surface area contributed by atoms with Gasteiger partial charge in [0.2, 0.25) is 5.91 Å². The summed E-state index contributed by atoms with van der Waals surface area (Å²) in [7, 11) is 0. The van der Waals surface area contributed by atoms with Crippen molar-refractivity contribution in [2.75, 3.05) is 31.1 Å². The quantitative estimate of drug-likeness (QED) is 0.553. The first-order chi connectivity index (χ1) is 15.4. The van der Waals surface area contributed by atoms with Crippen LogP contribution in [0.5, 0.6) is 0 Å². The summed E-state index contributed by atoms with van der Waals surface area (Å²) in [6.45, 7) is 9.62. The summed E-state index contributed by atoms with van der Waals surface area (Å²) in [6, 6.07) is 7.62. The molecule has 3 aromatic rings. The SMILES string of the molecule is C=CC(=O)N1CCN(c2ncnc3cc(-c4nc(CC(C)=O)ccc4C)c(Cl)cc23)CC1. The highest BCUT2D eigenvalue weighted by molar-refractivity contribution is 6.34. The van der Waals surface area contributed by atoms with E-state index in [1.54, 1.807) is 18.2 Å². The van der Waals surface area contributed by atoms with Crippen molar-refractivity contribution in [2.24, 2.45) is 0 Å². The number of nitrogens with zero attached hydrogens (tertiary/aromatic N) is 5. The second-order valence-corrected chi connectivity index (χ2v) is 8.32. The van der Waals surface area contributed by atoms with Crippen LogP contribution < -0.4 is 4.90 Å². The van der Waals surface area contributed by atoms with Crippen LogP contribution in [0.25, 0.3) is 22.2 Å². The number of hydrogen-bond donors (Lipinski definition) is 0. The molecule has 0 atom stereocenters. The Kier molecular flexibility index (Phi) is 6.19. The van der Waals surface area contributed by atoms with Crippen molar-refractivity contribution in [1.82, 2.24) is 19.9 Å². The molecule has 0 radical (unpaired) electrons. The van der Waals surface area contributed by atoms with E-state index in [0.717, 1.165) is 33.5 Å². The summed E-state index contributed by atoms with van der Waals surface area (Å²) >= 11 is 6.72. The Morgan fingerprint density at radius 2 is 1.91 bits per heavy atom. The van der Waals surface area contributed by atoms with Crippen LogP contribution in [0, 0.1) is 6.92 Å². The molecule has 1 saturated heterocycles. The maximum atomic E-state index is 11.9. The third-order valence-corrected chi connectivity index (χ3v) is 5.92. The number of Topliss-reactive ketones (excluding diaryl/α,β-unsaturated/α-hetero) is 1. The number of piperazine rings is 1. The van der Waals surface area contributed by atoms with Gasteiger partial charge >= 0.3 is 0 Å². The molecule has 8 heteroatoms. The third kappa shape index (κ3) is 4.34. The van der Waals surface area contributed by atoms with Crippen molar-refractivity contribution < 1.29 is 9.59 Å². The van der Waals surface area contributed by atoms with Gasteiger partial charge in [0.05, 0.1) is 16.2 Å². The van der Waals surface area contributed by atoms with Crippen LogP contribution in [0.15, 0.2) is 43.2 Å². The Morgan fingerprint density at radius 1 is 1.16 bits per heavy atom. The Labute approximate surface area is 191 Å². The summed E-state index contributed by atoms with van der Waals surface area (Å²) in [5, 5.41) is 1.40. The predicted molar refractivity (Wildman–Crippen MR) is 126 cm³/mol. The van der Waals surface area contributed by atoms with Gasteiger partial charge in [-0.1, -0.05) is 24.2 Å². The number of ketones is 1. The Bertz CT molecular complexity index is 1220. The molecule has 164 valence electrons. The monoisotopic (exact) mass is 449 g/mol. The zero-order valence-electron chi connectivity index (χ0n) is 18.1. The van der Waals surface area contributed by atoms with E-state index in [0.29, 0.717) is 36.9 Å². The first-order valence-electron chi connectivity index (χ1n) is 10.4. The molecule has 4 rings (SSSR count). The average Bonchev–Trinajstić information content (AvgIpc) is 2.79. The van der Waals surface area contributed by atoms with Crippen molar-refractivity contribution in [1.29, 1.82) is 0 Å². The Morgan fingerprint density at radius 3 is 2.59 bits per heavy atom. The second-order valence-electron chi connectivity index (χ2n) is 7.91. The number of halogens is 1. The van der Waals surface area contributed by atoms with Crippen LogP contribution in [0.4, 0.5) is 5.82 Å². The summed E-state index contributed by atoms with van der Waals surface area (Å²) < 4.78 is 0. The van der Waals surface area contributed by atoms with E-state index in [2.05, 4.69) is 21.4 Å². The molecule has 2 aromatic heterocycles.